The molecule has 0 heterocycles. The molecule has 0 aliphatic heterocycles. The first kappa shape index (κ1) is 16.3. The van der Waals surface area contributed by atoms with Gasteiger partial charge in [0.15, 0.2) is 0 Å². The molecule has 0 aromatic heterocycles. The molecule has 0 fully saturated rings. The lowest BCUT2D eigenvalue weighted by atomic mass is 9.75. The third kappa shape index (κ3) is 3.52. The fraction of sp³-hybridized carbons (Fsp3) is 0.478. The predicted molar refractivity (Wildman–Crippen MR) is 101 cm³/mol. The lowest BCUT2D eigenvalue weighted by Crippen LogP contribution is -2.21. The van der Waals surface area contributed by atoms with E-state index in [1.807, 2.05) is 0 Å². The molecule has 122 valence electrons. The maximum absolute atomic E-state index is 2.38. The Hall–Kier alpha value is -1.56. The fourth-order valence-electron chi connectivity index (χ4n) is 4.32. The maximum atomic E-state index is 2.38. The topological polar surface area (TPSA) is 0 Å². The molecule has 1 aliphatic rings. The highest BCUT2D eigenvalue weighted by molar-refractivity contribution is 5.69. The standard InChI is InChI=1S/C23H30/c1-3-5-15-23(16-6-4-2)17-20-13-10-14-21(22(20)18-23)19-11-8-7-9-12-19/h7-14H,3-6,15-18H2,1-2H3. The van der Waals surface area contributed by atoms with Crippen LogP contribution in [0.15, 0.2) is 48.5 Å². The van der Waals surface area contributed by atoms with Gasteiger partial charge in [0, 0.05) is 0 Å². The summed E-state index contributed by atoms with van der Waals surface area (Å²) in [5.74, 6) is 0. The molecule has 23 heavy (non-hydrogen) atoms. The molecule has 0 radical (unpaired) electrons. The molecule has 2 aromatic rings. The van der Waals surface area contributed by atoms with E-state index in [1.54, 1.807) is 11.1 Å². The molecule has 0 N–H and O–H groups in total. The molecule has 0 unspecified atom stereocenters. The second-order valence-corrected chi connectivity index (χ2v) is 7.37. The average molecular weight is 306 g/mol. The van der Waals surface area contributed by atoms with Crippen LogP contribution in [0.4, 0.5) is 0 Å². The summed E-state index contributed by atoms with van der Waals surface area (Å²) in [6.07, 6.45) is 10.7. The second-order valence-electron chi connectivity index (χ2n) is 7.37. The van der Waals surface area contributed by atoms with E-state index in [0.717, 1.165) is 0 Å². The summed E-state index contributed by atoms with van der Waals surface area (Å²) < 4.78 is 0. The summed E-state index contributed by atoms with van der Waals surface area (Å²) in [5.41, 5.74) is 6.62. The number of hydrogen-bond acceptors (Lipinski definition) is 0. The van der Waals surface area contributed by atoms with Crippen LogP contribution in [0.2, 0.25) is 0 Å². The van der Waals surface area contributed by atoms with Crippen molar-refractivity contribution in [1.29, 1.82) is 0 Å². The van der Waals surface area contributed by atoms with Crippen molar-refractivity contribution in [2.45, 2.75) is 65.2 Å². The Morgan fingerprint density at radius 1 is 0.783 bits per heavy atom. The molecule has 0 heteroatoms. The molecule has 0 bridgehead atoms. The number of benzene rings is 2. The predicted octanol–water partition coefficient (Wildman–Crippen LogP) is 6.82. The van der Waals surface area contributed by atoms with Crippen molar-refractivity contribution in [2.75, 3.05) is 0 Å². The Kier molecular flexibility index (Phi) is 5.20. The highest BCUT2D eigenvalue weighted by Gasteiger charge is 2.37. The lowest BCUT2D eigenvalue weighted by molar-refractivity contribution is 0.240. The van der Waals surface area contributed by atoms with Crippen LogP contribution in [-0.4, -0.2) is 0 Å². The Balaban J connectivity index is 1.92. The van der Waals surface area contributed by atoms with E-state index in [1.165, 1.54) is 62.5 Å². The summed E-state index contributed by atoms with van der Waals surface area (Å²) in [7, 11) is 0. The molecule has 3 rings (SSSR count). The second kappa shape index (κ2) is 7.34. The van der Waals surface area contributed by atoms with E-state index in [9.17, 15) is 0 Å². The number of fused-ring (bicyclic) bond motifs is 1. The van der Waals surface area contributed by atoms with Gasteiger partial charge < -0.3 is 0 Å². The van der Waals surface area contributed by atoms with Crippen LogP contribution in [0.5, 0.6) is 0 Å². The molecule has 0 nitrogen and oxygen atoms in total. The Labute approximate surface area is 141 Å². The quantitative estimate of drug-likeness (QED) is 0.526. The number of unbranched alkanes of at least 4 members (excludes halogenated alkanes) is 2. The summed E-state index contributed by atoms with van der Waals surface area (Å²) in [6.45, 7) is 4.65. The first-order valence-electron chi connectivity index (χ1n) is 9.44. The van der Waals surface area contributed by atoms with E-state index in [-0.39, 0.29) is 0 Å². The average Bonchev–Trinajstić information content (AvgIpc) is 2.98. The Bertz CT molecular complexity index is 616. The van der Waals surface area contributed by atoms with Crippen LogP contribution >= 0.6 is 0 Å². The van der Waals surface area contributed by atoms with E-state index in [4.69, 9.17) is 0 Å². The third-order valence-corrected chi connectivity index (χ3v) is 5.60. The summed E-state index contributed by atoms with van der Waals surface area (Å²) >= 11 is 0. The van der Waals surface area contributed by atoms with Gasteiger partial charge in [-0.25, -0.2) is 0 Å². The minimum absolute atomic E-state index is 0.527. The highest BCUT2D eigenvalue weighted by atomic mass is 14.4. The number of rotatable bonds is 7. The van der Waals surface area contributed by atoms with E-state index < -0.39 is 0 Å². The van der Waals surface area contributed by atoms with Gasteiger partial charge >= 0.3 is 0 Å². The zero-order chi connectivity index (χ0) is 16.1. The van der Waals surface area contributed by atoms with Gasteiger partial charge in [-0.15, -0.1) is 0 Å². The smallest absolute Gasteiger partial charge is 0.0149 e. The van der Waals surface area contributed by atoms with Crippen molar-refractivity contribution in [3.63, 3.8) is 0 Å². The van der Waals surface area contributed by atoms with Crippen molar-refractivity contribution in [3.8, 4) is 11.1 Å². The molecule has 0 atom stereocenters. The van der Waals surface area contributed by atoms with Crippen LogP contribution in [0, 0.1) is 5.41 Å². The van der Waals surface area contributed by atoms with Crippen LogP contribution in [-0.2, 0) is 12.8 Å². The van der Waals surface area contributed by atoms with Crippen molar-refractivity contribution < 1.29 is 0 Å². The van der Waals surface area contributed by atoms with Crippen LogP contribution in [0.3, 0.4) is 0 Å². The highest BCUT2D eigenvalue weighted by Crippen LogP contribution is 2.47. The van der Waals surface area contributed by atoms with Gasteiger partial charge in [-0.1, -0.05) is 88.1 Å². The Morgan fingerprint density at radius 2 is 1.48 bits per heavy atom. The summed E-state index contributed by atoms with van der Waals surface area (Å²) in [6, 6.07) is 17.9. The molecule has 0 saturated carbocycles. The van der Waals surface area contributed by atoms with Crippen LogP contribution in [0.25, 0.3) is 11.1 Å². The van der Waals surface area contributed by atoms with Crippen molar-refractivity contribution >= 4 is 0 Å². The maximum Gasteiger partial charge on any atom is -0.0149 e. The van der Waals surface area contributed by atoms with Gasteiger partial charge in [-0.3, -0.25) is 0 Å². The largest absolute Gasteiger partial charge is 0.0654 e. The molecular formula is C23H30. The zero-order valence-corrected chi connectivity index (χ0v) is 14.8. The van der Waals surface area contributed by atoms with Gasteiger partial charge in [0.1, 0.15) is 0 Å². The van der Waals surface area contributed by atoms with Crippen LogP contribution in [0.1, 0.15) is 63.5 Å². The summed E-state index contributed by atoms with van der Waals surface area (Å²) in [5, 5.41) is 0. The van der Waals surface area contributed by atoms with E-state index >= 15 is 0 Å². The first-order valence-corrected chi connectivity index (χ1v) is 9.44. The van der Waals surface area contributed by atoms with Gasteiger partial charge in [0.2, 0.25) is 0 Å². The minimum Gasteiger partial charge on any atom is -0.0654 e. The normalized spacial score (nSPS) is 15.6. The SMILES string of the molecule is CCCCC1(CCCC)Cc2cccc(-c3ccccc3)c2C1. The third-order valence-electron chi connectivity index (χ3n) is 5.60. The lowest BCUT2D eigenvalue weighted by Gasteiger charge is -2.29. The first-order chi connectivity index (χ1) is 11.3. The van der Waals surface area contributed by atoms with Gasteiger partial charge in [-0.2, -0.15) is 0 Å². The van der Waals surface area contributed by atoms with Crippen molar-refractivity contribution in [3.05, 3.63) is 59.7 Å². The molecular weight excluding hydrogens is 276 g/mol. The van der Waals surface area contributed by atoms with Gasteiger partial charge in [0.25, 0.3) is 0 Å². The minimum atomic E-state index is 0.527. The van der Waals surface area contributed by atoms with E-state index in [0.29, 0.717) is 5.41 Å². The molecule has 1 aliphatic carbocycles. The molecule has 2 aromatic carbocycles. The van der Waals surface area contributed by atoms with Crippen molar-refractivity contribution in [2.24, 2.45) is 5.41 Å². The number of hydrogen-bond donors (Lipinski definition) is 0. The Morgan fingerprint density at radius 3 is 2.13 bits per heavy atom. The van der Waals surface area contributed by atoms with E-state index in [2.05, 4.69) is 62.4 Å². The van der Waals surface area contributed by atoms with Crippen molar-refractivity contribution in [1.82, 2.24) is 0 Å². The molecule has 0 saturated heterocycles. The molecule has 0 spiro atoms. The summed E-state index contributed by atoms with van der Waals surface area (Å²) in [4.78, 5) is 0. The zero-order valence-electron chi connectivity index (χ0n) is 14.8. The van der Waals surface area contributed by atoms with Gasteiger partial charge in [0.05, 0.1) is 0 Å². The molecule has 0 amide bonds. The van der Waals surface area contributed by atoms with Crippen LogP contribution < -0.4 is 0 Å². The fourth-order valence-corrected chi connectivity index (χ4v) is 4.32. The monoisotopic (exact) mass is 306 g/mol. The van der Waals surface area contributed by atoms with Gasteiger partial charge in [-0.05, 0) is 53.4 Å².